The molecule has 0 saturated carbocycles. The zero-order chi connectivity index (χ0) is 17.9. The average Bonchev–Trinajstić information content (AvgIpc) is 3.05. The minimum absolute atomic E-state index is 0.0655. The second-order valence-electron chi connectivity index (χ2n) is 8.09. The standard InChI is InChI=1S/C25H30/c1-5-13-20-14-12-19-23(20)25(24(2,3)4,21-15-8-6-9-16-21)22-17-10-7-11-18-22/h6-12,14-18H,5,13,19H2,1-4H3. The highest BCUT2D eigenvalue weighted by Crippen LogP contribution is 2.55. The van der Waals surface area contributed by atoms with E-state index in [9.17, 15) is 0 Å². The van der Waals surface area contributed by atoms with E-state index in [0.29, 0.717) is 0 Å². The van der Waals surface area contributed by atoms with Gasteiger partial charge in [0.1, 0.15) is 0 Å². The third-order valence-electron chi connectivity index (χ3n) is 5.54. The molecule has 1 aliphatic rings. The SMILES string of the molecule is CCCC1=C(C(c2ccccc2)(c2ccccc2)C(C)(C)C)CC=C1. The monoisotopic (exact) mass is 330 g/mol. The van der Waals surface area contributed by atoms with Gasteiger partial charge < -0.3 is 0 Å². The van der Waals surface area contributed by atoms with E-state index in [2.05, 4.69) is 101 Å². The van der Waals surface area contributed by atoms with Gasteiger partial charge in [0.25, 0.3) is 0 Å². The van der Waals surface area contributed by atoms with Crippen molar-refractivity contribution in [2.45, 2.75) is 52.4 Å². The second kappa shape index (κ2) is 7.04. The minimum Gasteiger partial charge on any atom is -0.0801 e. The molecule has 0 aliphatic heterocycles. The lowest BCUT2D eigenvalue weighted by Crippen LogP contribution is -2.43. The van der Waals surface area contributed by atoms with E-state index in [1.807, 2.05) is 0 Å². The van der Waals surface area contributed by atoms with Crippen LogP contribution in [-0.2, 0) is 5.41 Å². The molecule has 0 nitrogen and oxygen atoms in total. The normalized spacial score (nSPS) is 15.0. The van der Waals surface area contributed by atoms with Gasteiger partial charge in [0.05, 0.1) is 0 Å². The molecule has 0 amide bonds. The van der Waals surface area contributed by atoms with Gasteiger partial charge in [-0.15, -0.1) is 0 Å². The summed E-state index contributed by atoms with van der Waals surface area (Å²) in [5.74, 6) is 0. The zero-order valence-electron chi connectivity index (χ0n) is 16.0. The molecule has 0 heterocycles. The summed E-state index contributed by atoms with van der Waals surface area (Å²) in [5.41, 5.74) is 5.88. The van der Waals surface area contributed by atoms with Gasteiger partial charge in [-0.1, -0.05) is 107 Å². The quantitative estimate of drug-likeness (QED) is 0.549. The van der Waals surface area contributed by atoms with E-state index in [-0.39, 0.29) is 10.8 Å². The number of benzene rings is 2. The summed E-state index contributed by atoms with van der Waals surface area (Å²) in [6.07, 6.45) is 8.12. The topological polar surface area (TPSA) is 0 Å². The fourth-order valence-electron chi connectivity index (χ4n) is 4.66. The van der Waals surface area contributed by atoms with Crippen molar-refractivity contribution >= 4 is 0 Å². The van der Waals surface area contributed by atoms with Crippen molar-refractivity contribution in [2.24, 2.45) is 5.41 Å². The molecule has 0 radical (unpaired) electrons. The highest BCUT2D eigenvalue weighted by molar-refractivity contribution is 5.56. The van der Waals surface area contributed by atoms with Crippen LogP contribution >= 0.6 is 0 Å². The summed E-state index contributed by atoms with van der Waals surface area (Å²) in [6, 6.07) is 22.2. The van der Waals surface area contributed by atoms with Crippen LogP contribution in [-0.4, -0.2) is 0 Å². The highest BCUT2D eigenvalue weighted by atomic mass is 14.5. The Kier molecular flexibility index (Phi) is 4.99. The predicted molar refractivity (Wildman–Crippen MR) is 109 cm³/mol. The first-order valence-electron chi connectivity index (χ1n) is 9.52. The summed E-state index contributed by atoms with van der Waals surface area (Å²) >= 11 is 0. The van der Waals surface area contributed by atoms with Crippen LogP contribution in [0.3, 0.4) is 0 Å². The van der Waals surface area contributed by atoms with E-state index < -0.39 is 0 Å². The Balaban J connectivity index is 2.37. The summed E-state index contributed by atoms with van der Waals surface area (Å²) in [6.45, 7) is 9.45. The largest absolute Gasteiger partial charge is 0.0801 e. The Bertz CT molecular complexity index is 715. The molecule has 2 aromatic carbocycles. The maximum absolute atomic E-state index is 2.39. The molecule has 1 aliphatic carbocycles. The molecular weight excluding hydrogens is 300 g/mol. The van der Waals surface area contributed by atoms with Crippen LogP contribution in [0, 0.1) is 5.41 Å². The molecule has 130 valence electrons. The first-order valence-corrected chi connectivity index (χ1v) is 9.52. The Morgan fingerprint density at radius 3 is 1.76 bits per heavy atom. The van der Waals surface area contributed by atoms with E-state index in [4.69, 9.17) is 0 Å². The van der Waals surface area contributed by atoms with Gasteiger partial charge in [0.15, 0.2) is 0 Å². The lowest BCUT2D eigenvalue weighted by molar-refractivity contribution is 0.263. The molecule has 0 bridgehead atoms. The lowest BCUT2D eigenvalue weighted by atomic mass is 9.54. The Labute approximate surface area is 153 Å². The van der Waals surface area contributed by atoms with Gasteiger partial charge in [-0.25, -0.2) is 0 Å². The molecule has 2 aromatic rings. The van der Waals surface area contributed by atoms with Gasteiger partial charge in [0, 0.05) is 5.41 Å². The number of hydrogen-bond acceptors (Lipinski definition) is 0. The Morgan fingerprint density at radius 1 is 0.800 bits per heavy atom. The number of allylic oxidation sites excluding steroid dienone is 4. The smallest absolute Gasteiger partial charge is 0.0468 e. The number of rotatable bonds is 5. The molecule has 0 spiro atoms. The summed E-state index contributed by atoms with van der Waals surface area (Å²) < 4.78 is 0. The lowest BCUT2D eigenvalue weighted by Gasteiger charge is -2.48. The van der Waals surface area contributed by atoms with Gasteiger partial charge in [-0.3, -0.25) is 0 Å². The van der Waals surface area contributed by atoms with Crippen LogP contribution in [0.1, 0.15) is 58.1 Å². The maximum atomic E-state index is 2.39. The van der Waals surface area contributed by atoms with Crippen molar-refractivity contribution in [3.8, 4) is 0 Å². The molecule has 3 rings (SSSR count). The van der Waals surface area contributed by atoms with Crippen LogP contribution in [0.2, 0.25) is 0 Å². The third kappa shape index (κ3) is 2.99. The number of hydrogen-bond donors (Lipinski definition) is 0. The van der Waals surface area contributed by atoms with Gasteiger partial charge in [-0.05, 0) is 40.5 Å². The van der Waals surface area contributed by atoms with Gasteiger partial charge >= 0.3 is 0 Å². The van der Waals surface area contributed by atoms with Crippen LogP contribution in [0.4, 0.5) is 0 Å². The predicted octanol–water partition coefficient (Wildman–Crippen LogP) is 7.08. The maximum Gasteiger partial charge on any atom is 0.0468 e. The van der Waals surface area contributed by atoms with Crippen LogP contribution in [0.15, 0.2) is 84.0 Å². The molecular formula is C25H30. The van der Waals surface area contributed by atoms with Gasteiger partial charge in [-0.2, -0.15) is 0 Å². The fourth-order valence-corrected chi connectivity index (χ4v) is 4.66. The van der Waals surface area contributed by atoms with E-state index >= 15 is 0 Å². The minimum atomic E-state index is -0.108. The van der Waals surface area contributed by atoms with Crippen molar-refractivity contribution in [1.82, 2.24) is 0 Å². The van der Waals surface area contributed by atoms with Crippen LogP contribution in [0.5, 0.6) is 0 Å². The second-order valence-corrected chi connectivity index (χ2v) is 8.09. The molecule has 0 aromatic heterocycles. The molecule has 0 fully saturated rings. The molecule has 0 heteroatoms. The highest BCUT2D eigenvalue weighted by Gasteiger charge is 2.48. The van der Waals surface area contributed by atoms with Crippen LogP contribution in [0.25, 0.3) is 0 Å². The van der Waals surface area contributed by atoms with Gasteiger partial charge in [0.2, 0.25) is 0 Å². The molecule has 25 heavy (non-hydrogen) atoms. The first kappa shape index (κ1) is 17.7. The summed E-state index contributed by atoms with van der Waals surface area (Å²) in [4.78, 5) is 0. The fraction of sp³-hybridized carbons (Fsp3) is 0.360. The van der Waals surface area contributed by atoms with Crippen molar-refractivity contribution in [2.75, 3.05) is 0 Å². The zero-order valence-corrected chi connectivity index (χ0v) is 16.0. The van der Waals surface area contributed by atoms with Crippen LogP contribution < -0.4 is 0 Å². The molecule has 0 unspecified atom stereocenters. The van der Waals surface area contributed by atoms with E-state index in [1.165, 1.54) is 23.1 Å². The van der Waals surface area contributed by atoms with Crippen molar-refractivity contribution in [3.63, 3.8) is 0 Å². The van der Waals surface area contributed by atoms with Crippen molar-refractivity contribution < 1.29 is 0 Å². The Morgan fingerprint density at radius 2 is 1.32 bits per heavy atom. The Hall–Kier alpha value is -2.08. The average molecular weight is 331 g/mol. The molecule has 0 N–H and O–H groups in total. The molecule has 0 saturated heterocycles. The first-order chi connectivity index (χ1) is 12.0. The van der Waals surface area contributed by atoms with E-state index in [0.717, 1.165) is 12.8 Å². The van der Waals surface area contributed by atoms with E-state index in [1.54, 1.807) is 5.57 Å². The molecule has 0 atom stereocenters. The summed E-state index contributed by atoms with van der Waals surface area (Å²) in [5, 5.41) is 0. The third-order valence-corrected chi connectivity index (χ3v) is 5.54. The van der Waals surface area contributed by atoms with Crippen molar-refractivity contribution in [3.05, 3.63) is 95.1 Å². The summed E-state index contributed by atoms with van der Waals surface area (Å²) in [7, 11) is 0. The van der Waals surface area contributed by atoms with Crippen molar-refractivity contribution in [1.29, 1.82) is 0 Å².